The first-order chi connectivity index (χ1) is 15.7. The summed E-state index contributed by atoms with van der Waals surface area (Å²) < 4.78 is 3.51. The van der Waals surface area contributed by atoms with Gasteiger partial charge in [0.2, 0.25) is 0 Å². The maximum Gasteiger partial charge on any atom is 0.152 e. The molecule has 0 atom stereocenters. The Kier molecular flexibility index (Phi) is 7.73. The predicted molar refractivity (Wildman–Crippen MR) is 134 cm³/mol. The molecule has 4 aromatic rings. The van der Waals surface area contributed by atoms with Crippen LogP contribution in [0.25, 0.3) is 21.3 Å². The number of aromatic nitrogens is 3. The van der Waals surface area contributed by atoms with E-state index in [2.05, 4.69) is 51.4 Å². The molecular weight excluding hydrogens is 418 g/mol. The lowest BCUT2D eigenvalue weighted by atomic mass is 10.1. The fourth-order valence-corrected chi connectivity index (χ4v) is 5.03. The van der Waals surface area contributed by atoms with Crippen molar-refractivity contribution in [3.8, 4) is 0 Å². The molecule has 4 N–H and O–H groups in total. The minimum atomic E-state index is 0.282. The van der Waals surface area contributed by atoms with E-state index in [9.17, 15) is 0 Å². The first-order valence-corrected chi connectivity index (χ1v) is 12.5. The van der Waals surface area contributed by atoms with Gasteiger partial charge in [-0.3, -0.25) is 0 Å². The Labute approximate surface area is 193 Å². The minimum absolute atomic E-state index is 0.282. The number of nitrogens with one attached hydrogen (secondary N) is 1. The van der Waals surface area contributed by atoms with Crippen molar-refractivity contribution in [3.63, 3.8) is 0 Å². The highest BCUT2D eigenvalue weighted by atomic mass is 32.1. The molecule has 0 aliphatic rings. The molecule has 0 radical (unpaired) electrons. The summed E-state index contributed by atoms with van der Waals surface area (Å²) in [6, 6.07) is 10.8. The molecule has 3 aromatic heterocycles. The second-order valence-corrected chi connectivity index (χ2v) is 9.24. The summed E-state index contributed by atoms with van der Waals surface area (Å²) in [5.74, 6) is 1.60. The zero-order valence-electron chi connectivity index (χ0n) is 18.8. The van der Waals surface area contributed by atoms with Crippen molar-refractivity contribution < 1.29 is 5.11 Å². The smallest absolute Gasteiger partial charge is 0.152 e. The molecule has 7 heteroatoms. The Bertz CT molecular complexity index is 1170. The van der Waals surface area contributed by atoms with E-state index in [1.54, 1.807) is 11.3 Å². The molecule has 0 saturated heterocycles. The lowest BCUT2D eigenvalue weighted by molar-refractivity contribution is 0.283. The molecule has 0 aliphatic carbocycles. The highest BCUT2D eigenvalue weighted by Crippen LogP contribution is 2.33. The van der Waals surface area contributed by atoms with Crippen LogP contribution >= 0.6 is 11.3 Å². The molecule has 32 heavy (non-hydrogen) atoms. The number of aliphatic hydroxyl groups is 1. The molecule has 170 valence electrons. The topological polar surface area (TPSA) is 89.0 Å². The van der Waals surface area contributed by atoms with Crippen molar-refractivity contribution in [2.24, 2.45) is 0 Å². The van der Waals surface area contributed by atoms with E-state index in [4.69, 9.17) is 15.8 Å². The molecular formula is C25H33N5OS. The van der Waals surface area contributed by atoms with Crippen LogP contribution in [-0.4, -0.2) is 32.8 Å². The fraction of sp³-hybridized carbons (Fsp3) is 0.440. The average Bonchev–Trinajstić information content (AvgIpc) is 3.40. The maximum atomic E-state index is 8.89. The van der Waals surface area contributed by atoms with Crippen LogP contribution in [-0.2, 0) is 19.5 Å². The van der Waals surface area contributed by atoms with E-state index in [1.165, 1.54) is 11.1 Å². The van der Waals surface area contributed by atoms with E-state index in [-0.39, 0.29) is 6.61 Å². The number of hydrogen-bond acceptors (Lipinski definition) is 6. The summed E-state index contributed by atoms with van der Waals surface area (Å²) in [7, 11) is 0. The molecule has 3 heterocycles. The van der Waals surface area contributed by atoms with E-state index < -0.39 is 0 Å². The molecule has 0 fully saturated rings. The second-order valence-electron chi connectivity index (χ2n) is 8.33. The van der Waals surface area contributed by atoms with Crippen molar-refractivity contribution in [1.29, 1.82) is 0 Å². The minimum Gasteiger partial charge on any atom is -0.396 e. The number of aliphatic hydroxyl groups excluding tert-OH is 1. The number of fused-ring (bicyclic) bond motifs is 3. The molecule has 0 aliphatic heterocycles. The summed E-state index contributed by atoms with van der Waals surface area (Å²) >= 11 is 1.71. The van der Waals surface area contributed by atoms with Gasteiger partial charge in [-0.15, -0.1) is 11.3 Å². The average molecular weight is 452 g/mol. The van der Waals surface area contributed by atoms with E-state index in [1.807, 2.05) is 6.07 Å². The third-order valence-corrected chi connectivity index (χ3v) is 6.73. The van der Waals surface area contributed by atoms with Crippen molar-refractivity contribution in [1.82, 2.24) is 19.9 Å². The number of thiophene rings is 1. The van der Waals surface area contributed by atoms with Gasteiger partial charge in [-0.25, -0.2) is 9.97 Å². The van der Waals surface area contributed by atoms with Gasteiger partial charge >= 0.3 is 0 Å². The van der Waals surface area contributed by atoms with Crippen molar-refractivity contribution in [2.75, 3.05) is 18.9 Å². The number of benzene rings is 1. The number of nitrogens with zero attached hydrogens (tertiary/aromatic N) is 3. The van der Waals surface area contributed by atoms with Gasteiger partial charge in [0.1, 0.15) is 11.3 Å². The molecule has 4 rings (SSSR count). The molecule has 0 saturated carbocycles. The molecule has 0 spiro atoms. The van der Waals surface area contributed by atoms with Gasteiger partial charge in [-0.1, -0.05) is 37.6 Å². The zero-order valence-corrected chi connectivity index (χ0v) is 19.6. The summed E-state index contributed by atoms with van der Waals surface area (Å²) in [5.41, 5.74) is 11.7. The van der Waals surface area contributed by atoms with E-state index in [0.29, 0.717) is 5.82 Å². The molecule has 6 nitrogen and oxygen atoms in total. The van der Waals surface area contributed by atoms with Crippen LogP contribution in [0, 0.1) is 0 Å². The number of nitrogen functional groups attached to an aromatic ring is 1. The number of pyridine rings is 1. The lowest BCUT2D eigenvalue weighted by Crippen LogP contribution is -2.15. The molecule has 1 aromatic carbocycles. The highest BCUT2D eigenvalue weighted by molar-refractivity contribution is 7.18. The van der Waals surface area contributed by atoms with E-state index in [0.717, 1.165) is 85.2 Å². The molecule has 0 unspecified atom stereocenters. The van der Waals surface area contributed by atoms with Crippen LogP contribution in [0.5, 0.6) is 0 Å². The van der Waals surface area contributed by atoms with Gasteiger partial charge in [-0.2, -0.15) is 0 Å². The van der Waals surface area contributed by atoms with Crippen molar-refractivity contribution in [3.05, 3.63) is 52.7 Å². The third kappa shape index (κ3) is 5.11. The van der Waals surface area contributed by atoms with E-state index >= 15 is 0 Å². The normalized spacial score (nSPS) is 11.7. The number of hydrogen-bond donors (Lipinski definition) is 3. The van der Waals surface area contributed by atoms with Crippen LogP contribution in [0.1, 0.15) is 56.0 Å². The van der Waals surface area contributed by atoms with Gasteiger partial charge < -0.3 is 20.7 Å². The van der Waals surface area contributed by atoms with Crippen LogP contribution in [0.2, 0.25) is 0 Å². The van der Waals surface area contributed by atoms with Crippen LogP contribution in [0.3, 0.4) is 0 Å². The van der Waals surface area contributed by atoms with Gasteiger partial charge in [0.05, 0.1) is 15.7 Å². The number of unbranched alkanes of at least 4 members (excludes halogenated alkanes) is 3. The van der Waals surface area contributed by atoms with Gasteiger partial charge in [-0.05, 0) is 54.8 Å². The van der Waals surface area contributed by atoms with Crippen LogP contribution < -0.4 is 11.1 Å². The quantitative estimate of drug-likeness (QED) is 0.267. The fourth-order valence-electron chi connectivity index (χ4n) is 4.15. The number of imidazole rings is 1. The largest absolute Gasteiger partial charge is 0.396 e. The van der Waals surface area contributed by atoms with Crippen molar-refractivity contribution in [2.45, 2.75) is 58.5 Å². The lowest BCUT2D eigenvalue weighted by Gasteiger charge is -2.12. The number of rotatable bonds is 12. The molecule has 0 bridgehead atoms. The summed E-state index contributed by atoms with van der Waals surface area (Å²) in [6.45, 7) is 5.09. The zero-order chi connectivity index (χ0) is 22.3. The summed E-state index contributed by atoms with van der Waals surface area (Å²) in [4.78, 5) is 9.51. The third-order valence-electron chi connectivity index (χ3n) is 5.82. The van der Waals surface area contributed by atoms with Gasteiger partial charge in [0.15, 0.2) is 5.82 Å². The Hall–Kier alpha value is -2.48. The summed E-state index contributed by atoms with van der Waals surface area (Å²) in [6.07, 6.45) is 6.21. The monoisotopic (exact) mass is 451 g/mol. The number of nitrogens with two attached hydrogens (primary N) is 1. The Morgan fingerprint density at radius 2 is 1.97 bits per heavy atom. The van der Waals surface area contributed by atoms with Crippen LogP contribution in [0.15, 0.2) is 35.7 Å². The summed E-state index contributed by atoms with van der Waals surface area (Å²) in [5, 5.41) is 14.5. The number of anilines is 1. The van der Waals surface area contributed by atoms with Gasteiger partial charge in [0.25, 0.3) is 0 Å². The Balaban J connectivity index is 1.59. The maximum absolute atomic E-state index is 8.89. The molecule has 0 amide bonds. The highest BCUT2D eigenvalue weighted by Gasteiger charge is 2.18. The van der Waals surface area contributed by atoms with Gasteiger partial charge in [0, 0.05) is 26.1 Å². The first-order valence-electron chi connectivity index (χ1n) is 11.6. The first kappa shape index (κ1) is 22.7. The van der Waals surface area contributed by atoms with Crippen molar-refractivity contribution >= 4 is 38.4 Å². The standard InChI is InChI=1S/C25H33N5OS/c1-2-3-10-21-29-22-23(24-20(11-14-32-24)28-25(22)26)30(21)17-19-9-7-8-18(15-19)16-27-12-5-4-6-13-31/h7-9,11,14-15,27,31H,2-6,10,12-13,16-17H2,1H3,(H2,26,28). The van der Waals surface area contributed by atoms with Crippen LogP contribution in [0.4, 0.5) is 5.82 Å². The Morgan fingerprint density at radius 1 is 1.09 bits per heavy atom. The SMILES string of the molecule is CCCCc1nc2c(N)nc3ccsc3c2n1Cc1cccc(CNCCCCCO)c1. The number of aryl methyl sites for hydroxylation is 1. The second kappa shape index (κ2) is 10.9. The Morgan fingerprint density at radius 3 is 2.81 bits per heavy atom. The predicted octanol–water partition coefficient (Wildman–Crippen LogP) is 4.87.